The van der Waals surface area contributed by atoms with Gasteiger partial charge >= 0.3 is 0 Å². The number of ether oxygens (including phenoxy) is 1. The van der Waals surface area contributed by atoms with Crippen molar-refractivity contribution in [1.82, 2.24) is 10.2 Å². The minimum atomic E-state index is 0.179. The molecule has 0 aliphatic rings. The Hall–Kier alpha value is -1.97. The van der Waals surface area contributed by atoms with E-state index in [4.69, 9.17) is 4.74 Å². The number of hydrogen-bond acceptors (Lipinski definition) is 3. The SMILES string of the molecule is COc1c(C)ccc(NC(C)c2ccn[nH]2)c1C. The van der Waals surface area contributed by atoms with E-state index in [0.29, 0.717) is 0 Å². The summed E-state index contributed by atoms with van der Waals surface area (Å²) in [5.74, 6) is 0.941. The van der Waals surface area contributed by atoms with E-state index in [2.05, 4.69) is 41.5 Å². The molecule has 1 aromatic heterocycles. The van der Waals surface area contributed by atoms with Gasteiger partial charge < -0.3 is 10.1 Å². The van der Waals surface area contributed by atoms with E-state index in [1.54, 1.807) is 13.3 Å². The van der Waals surface area contributed by atoms with Crippen LogP contribution in [0, 0.1) is 13.8 Å². The molecule has 4 heteroatoms. The van der Waals surface area contributed by atoms with Gasteiger partial charge in [0.1, 0.15) is 5.75 Å². The number of benzene rings is 1. The molecule has 2 aromatic rings. The number of hydrogen-bond donors (Lipinski definition) is 2. The Morgan fingerprint density at radius 2 is 2.06 bits per heavy atom. The quantitative estimate of drug-likeness (QED) is 0.869. The van der Waals surface area contributed by atoms with Gasteiger partial charge in [0, 0.05) is 17.4 Å². The number of nitrogens with zero attached hydrogens (tertiary/aromatic N) is 1. The van der Waals surface area contributed by atoms with Crippen molar-refractivity contribution >= 4 is 5.69 Å². The molecule has 1 atom stereocenters. The van der Waals surface area contributed by atoms with Gasteiger partial charge in [-0.2, -0.15) is 5.10 Å². The minimum absolute atomic E-state index is 0.179. The van der Waals surface area contributed by atoms with E-state index < -0.39 is 0 Å². The second kappa shape index (κ2) is 5.12. The molecule has 0 amide bonds. The van der Waals surface area contributed by atoms with E-state index in [9.17, 15) is 0 Å². The van der Waals surface area contributed by atoms with Crippen LogP contribution >= 0.6 is 0 Å². The molecule has 0 fully saturated rings. The van der Waals surface area contributed by atoms with Gasteiger partial charge in [0.2, 0.25) is 0 Å². The topological polar surface area (TPSA) is 49.9 Å². The zero-order chi connectivity index (χ0) is 13.1. The van der Waals surface area contributed by atoms with Crippen molar-refractivity contribution in [3.63, 3.8) is 0 Å². The number of methoxy groups -OCH3 is 1. The molecule has 0 spiro atoms. The first-order valence-electron chi connectivity index (χ1n) is 6.03. The summed E-state index contributed by atoms with van der Waals surface area (Å²) in [5, 5.41) is 10.4. The van der Waals surface area contributed by atoms with Crippen LogP contribution in [0.25, 0.3) is 0 Å². The molecular weight excluding hydrogens is 226 g/mol. The number of rotatable bonds is 4. The van der Waals surface area contributed by atoms with Crippen LogP contribution < -0.4 is 10.1 Å². The fraction of sp³-hybridized carbons (Fsp3) is 0.357. The maximum Gasteiger partial charge on any atom is 0.126 e. The van der Waals surface area contributed by atoms with Crippen LogP contribution in [0.1, 0.15) is 29.8 Å². The standard InChI is InChI=1S/C14H19N3O/c1-9-5-6-12(10(2)14(9)18-4)16-11(3)13-7-8-15-17-13/h5-8,11,16H,1-4H3,(H,15,17). The zero-order valence-electron chi connectivity index (χ0n) is 11.2. The highest BCUT2D eigenvalue weighted by Gasteiger charge is 2.11. The Kier molecular flexibility index (Phi) is 3.55. The zero-order valence-corrected chi connectivity index (χ0v) is 11.2. The van der Waals surface area contributed by atoms with Gasteiger partial charge in [-0.05, 0) is 38.5 Å². The highest BCUT2D eigenvalue weighted by Crippen LogP contribution is 2.31. The van der Waals surface area contributed by atoms with Crippen LogP contribution in [-0.4, -0.2) is 17.3 Å². The molecule has 1 aromatic carbocycles. The average Bonchev–Trinajstić information content (AvgIpc) is 2.87. The average molecular weight is 245 g/mol. The van der Waals surface area contributed by atoms with Crippen molar-refractivity contribution in [3.8, 4) is 5.75 Å². The Morgan fingerprint density at radius 3 is 2.67 bits per heavy atom. The second-order valence-electron chi connectivity index (χ2n) is 4.47. The predicted molar refractivity (Wildman–Crippen MR) is 73.1 cm³/mol. The van der Waals surface area contributed by atoms with Gasteiger partial charge in [-0.25, -0.2) is 0 Å². The van der Waals surface area contributed by atoms with Gasteiger partial charge in [0.15, 0.2) is 0 Å². The number of aromatic nitrogens is 2. The van der Waals surface area contributed by atoms with E-state index in [1.807, 2.05) is 13.0 Å². The molecule has 0 saturated heterocycles. The highest BCUT2D eigenvalue weighted by atomic mass is 16.5. The Morgan fingerprint density at radius 1 is 1.28 bits per heavy atom. The van der Waals surface area contributed by atoms with Crippen LogP contribution in [0.15, 0.2) is 24.4 Å². The van der Waals surface area contributed by atoms with E-state index in [1.165, 1.54) is 0 Å². The normalized spacial score (nSPS) is 12.2. The highest BCUT2D eigenvalue weighted by molar-refractivity contribution is 5.60. The Labute approximate surface area is 107 Å². The fourth-order valence-corrected chi connectivity index (χ4v) is 2.12. The van der Waals surface area contributed by atoms with Gasteiger partial charge in [-0.1, -0.05) is 6.07 Å². The maximum absolute atomic E-state index is 5.43. The van der Waals surface area contributed by atoms with Gasteiger partial charge in [-0.15, -0.1) is 0 Å². The first-order valence-corrected chi connectivity index (χ1v) is 6.03. The molecule has 2 N–H and O–H groups in total. The summed E-state index contributed by atoms with van der Waals surface area (Å²) in [7, 11) is 1.71. The third-order valence-corrected chi connectivity index (χ3v) is 3.17. The van der Waals surface area contributed by atoms with Gasteiger partial charge in [-0.3, -0.25) is 5.10 Å². The van der Waals surface area contributed by atoms with Crippen molar-refractivity contribution in [2.75, 3.05) is 12.4 Å². The molecule has 0 aliphatic heterocycles. The van der Waals surface area contributed by atoms with E-state index >= 15 is 0 Å². The van der Waals surface area contributed by atoms with Crippen molar-refractivity contribution in [2.45, 2.75) is 26.8 Å². The van der Waals surface area contributed by atoms with Crippen molar-refractivity contribution in [3.05, 3.63) is 41.2 Å². The fourth-order valence-electron chi connectivity index (χ4n) is 2.12. The molecular formula is C14H19N3O. The van der Waals surface area contributed by atoms with E-state index in [-0.39, 0.29) is 6.04 Å². The van der Waals surface area contributed by atoms with Crippen molar-refractivity contribution in [2.24, 2.45) is 0 Å². The number of aromatic amines is 1. The molecule has 96 valence electrons. The summed E-state index contributed by atoms with van der Waals surface area (Å²) >= 11 is 0. The lowest BCUT2D eigenvalue weighted by atomic mass is 10.1. The first-order chi connectivity index (χ1) is 8.63. The Balaban J connectivity index is 2.24. The van der Waals surface area contributed by atoms with Gasteiger partial charge in [0.05, 0.1) is 18.8 Å². The van der Waals surface area contributed by atoms with Gasteiger partial charge in [0.25, 0.3) is 0 Å². The number of anilines is 1. The van der Waals surface area contributed by atoms with Crippen LogP contribution in [-0.2, 0) is 0 Å². The predicted octanol–water partition coefficient (Wildman–Crippen LogP) is 3.21. The largest absolute Gasteiger partial charge is 0.496 e. The summed E-state index contributed by atoms with van der Waals surface area (Å²) in [6.07, 6.45) is 1.76. The minimum Gasteiger partial charge on any atom is -0.496 e. The lowest BCUT2D eigenvalue weighted by Gasteiger charge is -2.18. The second-order valence-corrected chi connectivity index (χ2v) is 4.47. The monoisotopic (exact) mass is 245 g/mol. The van der Waals surface area contributed by atoms with E-state index in [0.717, 1.165) is 28.3 Å². The maximum atomic E-state index is 5.43. The molecule has 0 bridgehead atoms. The molecule has 0 saturated carbocycles. The third-order valence-electron chi connectivity index (χ3n) is 3.17. The summed E-state index contributed by atoms with van der Waals surface area (Å²) in [4.78, 5) is 0. The van der Waals surface area contributed by atoms with Crippen molar-refractivity contribution < 1.29 is 4.74 Å². The Bertz CT molecular complexity index is 520. The summed E-state index contributed by atoms with van der Waals surface area (Å²) in [6, 6.07) is 6.30. The third kappa shape index (κ3) is 2.32. The summed E-state index contributed by atoms with van der Waals surface area (Å²) < 4.78 is 5.43. The number of nitrogens with one attached hydrogen (secondary N) is 2. The molecule has 4 nitrogen and oxygen atoms in total. The van der Waals surface area contributed by atoms with Crippen LogP contribution in [0.2, 0.25) is 0 Å². The molecule has 1 unspecified atom stereocenters. The van der Waals surface area contributed by atoms with Crippen molar-refractivity contribution in [1.29, 1.82) is 0 Å². The summed E-state index contributed by atoms with van der Waals surface area (Å²) in [5.41, 5.74) is 4.42. The number of H-pyrrole nitrogens is 1. The molecule has 0 aliphatic carbocycles. The van der Waals surface area contributed by atoms with Crippen LogP contribution in [0.3, 0.4) is 0 Å². The van der Waals surface area contributed by atoms with Crippen LogP contribution in [0.4, 0.5) is 5.69 Å². The molecule has 2 rings (SSSR count). The molecule has 18 heavy (non-hydrogen) atoms. The molecule has 0 radical (unpaired) electrons. The lowest BCUT2D eigenvalue weighted by molar-refractivity contribution is 0.409. The lowest BCUT2D eigenvalue weighted by Crippen LogP contribution is -2.09. The molecule has 1 heterocycles. The summed E-state index contributed by atoms with van der Waals surface area (Å²) in [6.45, 7) is 6.21. The van der Waals surface area contributed by atoms with Crippen LogP contribution in [0.5, 0.6) is 5.75 Å². The number of aryl methyl sites for hydroxylation is 1. The smallest absolute Gasteiger partial charge is 0.126 e. The first kappa shape index (κ1) is 12.5.